The van der Waals surface area contributed by atoms with E-state index in [1.165, 1.54) is 17.8 Å². The van der Waals surface area contributed by atoms with Gasteiger partial charge in [-0.05, 0) is 19.8 Å². The van der Waals surface area contributed by atoms with E-state index in [-0.39, 0.29) is 16.8 Å². The van der Waals surface area contributed by atoms with E-state index in [2.05, 4.69) is 15.1 Å². The van der Waals surface area contributed by atoms with Crippen molar-refractivity contribution in [3.8, 4) is 0 Å². The summed E-state index contributed by atoms with van der Waals surface area (Å²) in [4.78, 5) is 18.2. The van der Waals surface area contributed by atoms with Gasteiger partial charge in [0.15, 0.2) is 5.16 Å². The third kappa shape index (κ3) is 5.24. The van der Waals surface area contributed by atoms with E-state index < -0.39 is 0 Å². The van der Waals surface area contributed by atoms with Crippen LogP contribution in [0.5, 0.6) is 0 Å². The van der Waals surface area contributed by atoms with Crippen LogP contribution in [0.15, 0.2) is 21.2 Å². The van der Waals surface area contributed by atoms with Gasteiger partial charge in [0.1, 0.15) is 5.84 Å². The van der Waals surface area contributed by atoms with Gasteiger partial charge in [-0.25, -0.2) is 4.98 Å². The maximum atomic E-state index is 11.3. The standard InChI is InChI=1S/C13H22N4O2S/c1-9-8-10(18)16-12(15-9)20-7-5-4-6-13(2,3)11(14)17-19/h8,19H,4-7H2,1-3H3,(H2,14,17)(H,15,16,18). The Kier molecular flexibility index (Phi) is 6.06. The highest BCUT2D eigenvalue weighted by Crippen LogP contribution is 2.24. The lowest BCUT2D eigenvalue weighted by Crippen LogP contribution is -2.31. The zero-order valence-electron chi connectivity index (χ0n) is 12.1. The van der Waals surface area contributed by atoms with Gasteiger partial charge in [0.2, 0.25) is 0 Å². The van der Waals surface area contributed by atoms with Crippen LogP contribution in [0.4, 0.5) is 0 Å². The normalized spacial score (nSPS) is 12.7. The predicted octanol–water partition coefficient (Wildman–Crippen LogP) is 2.11. The van der Waals surface area contributed by atoms with Gasteiger partial charge in [-0.1, -0.05) is 37.2 Å². The Bertz CT molecular complexity index is 525. The van der Waals surface area contributed by atoms with Crippen molar-refractivity contribution in [2.24, 2.45) is 16.3 Å². The molecule has 0 bridgehead atoms. The number of H-pyrrole nitrogens is 1. The van der Waals surface area contributed by atoms with Crippen molar-refractivity contribution in [2.75, 3.05) is 5.75 Å². The van der Waals surface area contributed by atoms with E-state index in [4.69, 9.17) is 10.9 Å². The van der Waals surface area contributed by atoms with Crippen molar-refractivity contribution < 1.29 is 5.21 Å². The summed E-state index contributed by atoms with van der Waals surface area (Å²) in [6, 6.07) is 1.48. The SMILES string of the molecule is Cc1cc(=O)[nH]c(SCCCCC(C)(C)C(N)=NO)n1. The second-order valence-electron chi connectivity index (χ2n) is 5.37. The average Bonchev–Trinajstić information content (AvgIpc) is 2.36. The Hall–Kier alpha value is -1.50. The quantitative estimate of drug-likeness (QED) is 0.136. The summed E-state index contributed by atoms with van der Waals surface area (Å²) in [6.07, 6.45) is 2.79. The van der Waals surface area contributed by atoms with Gasteiger partial charge in [-0.3, -0.25) is 4.79 Å². The topological polar surface area (TPSA) is 104 Å². The molecular weight excluding hydrogens is 276 g/mol. The number of nitrogens with two attached hydrogens (primary N) is 1. The van der Waals surface area contributed by atoms with Crippen molar-refractivity contribution in [2.45, 2.75) is 45.2 Å². The number of hydrogen-bond acceptors (Lipinski definition) is 5. The van der Waals surface area contributed by atoms with Crippen LogP contribution in [-0.2, 0) is 0 Å². The van der Waals surface area contributed by atoms with Crippen LogP contribution < -0.4 is 11.3 Å². The number of amidine groups is 1. The fraction of sp³-hybridized carbons (Fsp3) is 0.615. The third-order valence-corrected chi connectivity index (χ3v) is 4.04. The number of aromatic amines is 1. The summed E-state index contributed by atoms with van der Waals surface area (Å²) in [7, 11) is 0. The Morgan fingerprint density at radius 1 is 1.55 bits per heavy atom. The Labute approximate surface area is 122 Å². The van der Waals surface area contributed by atoms with Crippen molar-refractivity contribution in [3.05, 3.63) is 22.1 Å². The zero-order chi connectivity index (χ0) is 15.2. The van der Waals surface area contributed by atoms with E-state index in [0.717, 1.165) is 30.7 Å². The molecule has 1 rings (SSSR count). The number of aromatic nitrogens is 2. The van der Waals surface area contributed by atoms with Crippen molar-refractivity contribution in [3.63, 3.8) is 0 Å². The molecule has 1 aromatic rings. The third-order valence-electron chi connectivity index (χ3n) is 3.08. The fourth-order valence-electron chi connectivity index (χ4n) is 1.72. The summed E-state index contributed by atoms with van der Waals surface area (Å²) in [5.74, 6) is 1.13. The highest BCUT2D eigenvalue weighted by atomic mass is 32.2. The van der Waals surface area contributed by atoms with Gasteiger partial charge < -0.3 is 15.9 Å². The molecule has 0 spiro atoms. The lowest BCUT2D eigenvalue weighted by atomic mass is 9.86. The minimum absolute atomic E-state index is 0.118. The van der Waals surface area contributed by atoms with E-state index in [0.29, 0.717) is 5.16 Å². The molecule has 0 unspecified atom stereocenters. The largest absolute Gasteiger partial charge is 0.409 e. The first-order valence-corrected chi connectivity index (χ1v) is 7.52. The molecule has 0 atom stereocenters. The van der Waals surface area contributed by atoms with E-state index in [9.17, 15) is 4.79 Å². The number of nitrogens with zero attached hydrogens (tertiary/aromatic N) is 2. The maximum absolute atomic E-state index is 11.3. The van der Waals surface area contributed by atoms with Gasteiger partial charge in [0.25, 0.3) is 5.56 Å². The Balaban J connectivity index is 2.34. The number of nitrogens with one attached hydrogen (secondary N) is 1. The molecule has 0 amide bonds. The van der Waals surface area contributed by atoms with Gasteiger partial charge in [-0.2, -0.15) is 0 Å². The lowest BCUT2D eigenvalue weighted by molar-refractivity contribution is 0.304. The summed E-state index contributed by atoms with van der Waals surface area (Å²) >= 11 is 1.54. The highest BCUT2D eigenvalue weighted by molar-refractivity contribution is 7.99. The molecule has 0 aliphatic heterocycles. The smallest absolute Gasteiger partial charge is 0.251 e. The summed E-state index contributed by atoms with van der Waals surface area (Å²) < 4.78 is 0. The molecule has 7 heteroatoms. The van der Waals surface area contributed by atoms with Crippen molar-refractivity contribution in [1.29, 1.82) is 0 Å². The second-order valence-corrected chi connectivity index (χ2v) is 6.45. The highest BCUT2D eigenvalue weighted by Gasteiger charge is 2.22. The first-order chi connectivity index (χ1) is 9.35. The zero-order valence-corrected chi connectivity index (χ0v) is 13.0. The number of thioether (sulfide) groups is 1. The van der Waals surface area contributed by atoms with Gasteiger partial charge in [-0.15, -0.1) is 0 Å². The first kappa shape index (κ1) is 16.6. The summed E-state index contributed by atoms with van der Waals surface area (Å²) in [5, 5.41) is 12.4. The predicted molar refractivity (Wildman–Crippen MR) is 81.4 cm³/mol. The monoisotopic (exact) mass is 298 g/mol. The minimum atomic E-state index is -0.296. The molecule has 0 aromatic carbocycles. The molecule has 1 heterocycles. The number of aryl methyl sites for hydroxylation is 1. The van der Waals surface area contributed by atoms with Crippen LogP contribution in [0.1, 0.15) is 38.8 Å². The van der Waals surface area contributed by atoms with E-state index in [1.807, 2.05) is 13.8 Å². The van der Waals surface area contributed by atoms with Crippen molar-refractivity contribution >= 4 is 17.6 Å². The molecule has 0 radical (unpaired) electrons. The molecule has 1 aromatic heterocycles. The lowest BCUT2D eigenvalue weighted by Gasteiger charge is -2.22. The van der Waals surface area contributed by atoms with E-state index >= 15 is 0 Å². The minimum Gasteiger partial charge on any atom is -0.409 e. The van der Waals surface area contributed by atoms with Crippen molar-refractivity contribution in [1.82, 2.24) is 9.97 Å². The van der Waals surface area contributed by atoms with Crippen LogP contribution >= 0.6 is 11.8 Å². The molecule has 0 saturated heterocycles. The average molecular weight is 298 g/mol. The fourth-order valence-corrected chi connectivity index (χ4v) is 2.64. The summed E-state index contributed by atoms with van der Waals surface area (Å²) in [5.41, 5.74) is 5.95. The molecule has 0 saturated carbocycles. The number of unbranched alkanes of at least 4 members (excludes halogenated alkanes) is 1. The first-order valence-electron chi connectivity index (χ1n) is 6.54. The molecule has 0 aliphatic carbocycles. The number of hydrogen-bond donors (Lipinski definition) is 3. The van der Waals surface area contributed by atoms with Crippen LogP contribution in [0.3, 0.4) is 0 Å². The molecule has 6 nitrogen and oxygen atoms in total. The van der Waals surface area contributed by atoms with Crippen LogP contribution in [0, 0.1) is 12.3 Å². The molecule has 4 N–H and O–H groups in total. The van der Waals surface area contributed by atoms with Crippen LogP contribution in [-0.4, -0.2) is 26.8 Å². The molecule has 0 aliphatic rings. The van der Waals surface area contributed by atoms with Gasteiger partial charge in [0.05, 0.1) is 0 Å². The second kappa shape index (κ2) is 7.33. The molecular formula is C13H22N4O2S. The Morgan fingerprint density at radius 3 is 2.85 bits per heavy atom. The number of oxime groups is 1. The molecule has 0 fully saturated rings. The van der Waals surface area contributed by atoms with Crippen LogP contribution in [0.25, 0.3) is 0 Å². The van der Waals surface area contributed by atoms with Gasteiger partial charge in [0, 0.05) is 22.9 Å². The Morgan fingerprint density at radius 2 is 2.25 bits per heavy atom. The van der Waals surface area contributed by atoms with Crippen LogP contribution in [0.2, 0.25) is 0 Å². The molecule has 20 heavy (non-hydrogen) atoms. The number of rotatable bonds is 7. The maximum Gasteiger partial charge on any atom is 0.251 e. The van der Waals surface area contributed by atoms with Gasteiger partial charge >= 0.3 is 0 Å². The summed E-state index contributed by atoms with van der Waals surface area (Å²) in [6.45, 7) is 5.71. The van der Waals surface area contributed by atoms with E-state index in [1.54, 1.807) is 6.92 Å². The molecule has 112 valence electrons.